The number of nitrogens with zero attached hydrogens (tertiary/aromatic N) is 2. The van der Waals surface area contributed by atoms with Gasteiger partial charge in [0.05, 0.1) is 27.8 Å². The van der Waals surface area contributed by atoms with E-state index in [9.17, 15) is 13.2 Å². The van der Waals surface area contributed by atoms with Crippen LogP contribution in [-0.4, -0.2) is 46.8 Å². The van der Waals surface area contributed by atoms with Gasteiger partial charge in [0.1, 0.15) is 4.83 Å². The van der Waals surface area contributed by atoms with Crippen LogP contribution in [0.3, 0.4) is 0 Å². The molecule has 2 aromatic heterocycles. The Morgan fingerprint density at radius 2 is 2.07 bits per heavy atom. The van der Waals surface area contributed by atoms with Crippen LogP contribution in [0.15, 0.2) is 36.4 Å². The number of hydrogen-bond acceptors (Lipinski definition) is 6. The van der Waals surface area contributed by atoms with E-state index in [0.29, 0.717) is 11.3 Å². The Kier molecular flexibility index (Phi) is 4.94. The predicted molar refractivity (Wildman–Crippen MR) is 114 cm³/mol. The molecule has 0 radical (unpaired) electrons. The Morgan fingerprint density at radius 1 is 1.32 bits per heavy atom. The Bertz CT molecular complexity index is 1170. The van der Waals surface area contributed by atoms with Crippen LogP contribution >= 0.6 is 23.6 Å². The minimum absolute atomic E-state index is 0.0397. The molecule has 1 amide bonds. The summed E-state index contributed by atoms with van der Waals surface area (Å²) in [7, 11) is -3.01. The standard InChI is InChI=1S/C18H18N4O3S3/c1-11-14-9-15(27-17(14)22(21-11)13-5-3-2-4-6-13)16(23)20-18(26)19-12-7-8-28(24,25)10-12/h2-6,9,12H,7-8,10H2,1H3,(H2,19,20,23,26). The second-order valence-electron chi connectivity index (χ2n) is 6.69. The third-order valence-corrected chi connectivity index (χ3v) is 7.66. The van der Waals surface area contributed by atoms with Crippen molar-refractivity contribution in [2.45, 2.75) is 19.4 Å². The molecule has 1 aliphatic rings. The second kappa shape index (κ2) is 7.26. The van der Waals surface area contributed by atoms with Crippen molar-refractivity contribution < 1.29 is 13.2 Å². The van der Waals surface area contributed by atoms with E-state index in [0.717, 1.165) is 21.6 Å². The normalized spacial score (nSPS) is 18.2. The van der Waals surface area contributed by atoms with Gasteiger partial charge in [-0.1, -0.05) is 18.2 Å². The first-order chi connectivity index (χ1) is 13.3. The first kappa shape index (κ1) is 19.0. The van der Waals surface area contributed by atoms with Crippen LogP contribution in [-0.2, 0) is 9.84 Å². The summed E-state index contributed by atoms with van der Waals surface area (Å²) in [6.45, 7) is 1.91. The first-order valence-electron chi connectivity index (χ1n) is 8.69. The molecule has 1 fully saturated rings. The number of aryl methyl sites for hydroxylation is 1. The zero-order valence-corrected chi connectivity index (χ0v) is 17.5. The van der Waals surface area contributed by atoms with E-state index in [2.05, 4.69) is 15.7 Å². The van der Waals surface area contributed by atoms with Crippen molar-refractivity contribution in [2.75, 3.05) is 11.5 Å². The van der Waals surface area contributed by atoms with E-state index < -0.39 is 9.84 Å². The van der Waals surface area contributed by atoms with Crippen molar-refractivity contribution >= 4 is 54.6 Å². The fourth-order valence-corrected chi connectivity index (χ4v) is 6.21. The lowest BCUT2D eigenvalue weighted by Crippen LogP contribution is -2.44. The number of aromatic nitrogens is 2. The third kappa shape index (κ3) is 3.80. The van der Waals surface area contributed by atoms with Gasteiger partial charge in [-0.05, 0) is 43.8 Å². The Balaban J connectivity index is 1.51. The van der Waals surface area contributed by atoms with Crippen molar-refractivity contribution in [3.63, 3.8) is 0 Å². The Morgan fingerprint density at radius 3 is 2.75 bits per heavy atom. The number of carbonyl (C=O) groups is 1. The molecule has 0 aliphatic carbocycles. The average Bonchev–Trinajstić information content (AvgIpc) is 3.30. The molecule has 7 nitrogen and oxygen atoms in total. The highest BCUT2D eigenvalue weighted by Crippen LogP contribution is 2.30. The monoisotopic (exact) mass is 434 g/mol. The largest absolute Gasteiger partial charge is 0.359 e. The molecule has 3 aromatic rings. The average molecular weight is 435 g/mol. The zero-order valence-electron chi connectivity index (χ0n) is 15.0. The van der Waals surface area contributed by atoms with Crippen LogP contribution in [0.2, 0.25) is 0 Å². The number of sulfone groups is 1. The fraction of sp³-hybridized carbons (Fsp3) is 0.278. The van der Waals surface area contributed by atoms with Gasteiger partial charge >= 0.3 is 0 Å². The Hall–Kier alpha value is -2.30. The molecule has 1 saturated heterocycles. The number of rotatable bonds is 3. The molecule has 1 aliphatic heterocycles. The number of fused-ring (bicyclic) bond motifs is 1. The maximum Gasteiger partial charge on any atom is 0.267 e. The second-order valence-corrected chi connectivity index (χ2v) is 10.4. The number of benzene rings is 1. The fourth-order valence-electron chi connectivity index (χ4n) is 3.20. The molecule has 28 heavy (non-hydrogen) atoms. The van der Waals surface area contributed by atoms with Gasteiger partial charge < -0.3 is 5.32 Å². The number of para-hydroxylation sites is 1. The van der Waals surface area contributed by atoms with E-state index in [1.54, 1.807) is 6.07 Å². The number of thiocarbonyl (C=S) groups is 1. The van der Waals surface area contributed by atoms with Gasteiger partial charge in [0.2, 0.25) is 0 Å². The number of nitrogens with one attached hydrogen (secondary N) is 2. The molecule has 2 N–H and O–H groups in total. The van der Waals surface area contributed by atoms with E-state index >= 15 is 0 Å². The molecule has 3 heterocycles. The van der Waals surface area contributed by atoms with Gasteiger partial charge in [0.15, 0.2) is 14.9 Å². The van der Waals surface area contributed by atoms with Crippen molar-refractivity contribution in [1.82, 2.24) is 20.4 Å². The number of thiophene rings is 1. The van der Waals surface area contributed by atoms with Crippen LogP contribution in [0.25, 0.3) is 15.9 Å². The highest BCUT2D eigenvalue weighted by molar-refractivity contribution is 7.91. The quantitative estimate of drug-likeness (QED) is 0.614. The molecule has 1 atom stereocenters. The van der Waals surface area contributed by atoms with Crippen molar-refractivity contribution in [1.29, 1.82) is 0 Å². The van der Waals surface area contributed by atoms with Gasteiger partial charge in [0.25, 0.3) is 5.91 Å². The summed E-state index contributed by atoms with van der Waals surface area (Å²) in [6.07, 6.45) is 0.493. The molecule has 1 aromatic carbocycles. The van der Waals surface area contributed by atoms with Crippen LogP contribution in [0.1, 0.15) is 21.8 Å². The molecule has 0 spiro atoms. The summed E-state index contributed by atoms with van der Waals surface area (Å²) < 4.78 is 24.9. The molecular weight excluding hydrogens is 416 g/mol. The van der Waals surface area contributed by atoms with E-state index in [1.165, 1.54) is 11.3 Å². The molecule has 4 rings (SSSR count). The summed E-state index contributed by atoms with van der Waals surface area (Å²) >= 11 is 6.52. The SMILES string of the molecule is Cc1nn(-c2ccccc2)c2sc(C(=O)NC(=S)NC3CCS(=O)(=O)C3)cc12. The summed E-state index contributed by atoms with van der Waals surface area (Å²) in [5, 5.41) is 11.2. The summed E-state index contributed by atoms with van der Waals surface area (Å²) in [5.74, 6) is -0.135. The molecule has 10 heteroatoms. The maximum absolute atomic E-state index is 12.6. The van der Waals surface area contributed by atoms with Crippen LogP contribution in [0, 0.1) is 6.92 Å². The summed E-state index contributed by atoms with van der Waals surface area (Å²) in [6, 6.07) is 11.3. The van der Waals surface area contributed by atoms with Crippen LogP contribution in [0.5, 0.6) is 0 Å². The third-order valence-electron chi connectivity index (χ3n) is 4.56. The molecule has 1 unspecified atom stereocenters. The number of amides is 1. The van der Waals surface area contributed by atoms with Crippen LogP contribution < -0.4 is 10.6 Å². The van der Waals surface area contributed by atoms with Crippen molar-refractivity contribution in [2.24, 2.45) is 0 Å². The first-order valence-corrected chi connectivity index (χ1v) is 11.7. The minimum Gasteiger partial charge on any atom is -0.359 e. The van der Waals surface area contributed by atoms with Gasteiger partial charge in [-0.15, -0.1) is 11.3 Å². The van der Waals surface area contributed by atoms with Crippen molar-refractivity contribution in [3.05, 3.63) is 47.0 Å². The van der Waals surface area contributed by atoms with Gasteiger partial charge in [0, 0.05) is 11.4 Å². The summed E-state index contributed by atoms with van der Waals surface area (Å²) in [5.41, 5.74) is 1.76. The smallest absolute Gasteiger partial charge is 0.267 e. The lowest BCUT2D eigenvalue weighted by Gasteiger charge is -2.13. The number of carbonyl (C=O) groups excluding carboxylic acids is 1. The lowest BCUT2D eigenvalue weighted by molar-refractivity contribution is 0.0980. The Labute approximate surface area is 171 Å². The molecule has 146 valence electrons. The minimum atomic E-state index is -3.01. The van der Waals surface area contributed by atoms with Crippen molar-refractivity contribution in [3.8, 4) is 5.69 Å². The van der Waals surface area contributed by atoms with Gasteiger partial charge in [-0.2, -0.15) is 5.10 Å². The van der Waals surface area contributed by atoms with Gasteiger partial charge in [-0.3, -0.25) is 10.1 Å². The number of hydrogen-bond donors (Lipinski definition) is 2. The molecule has 0 saturated carbocycles. The maximum atomic E-state index is 12.6. The summed E-state index contributed by atoms with van der Waals surface area (Å²) in [4.78, 5) is 14.0. The topological polar surface area (TPSA) is 93.1 Å². The molecular formula is C18H18N4O3S3. The van der Waals surface area contributed by atoms with Crippen LogP contribution in [0.4, 0.5) is 0 Å². The highest BCUT2D eigenvalue weighted by atomic mass is 32.2. The van der Waals surface area contributed by atoms with E-state index in [-0.39, 0.29) is 28.6 Å². The lowest BCUT2D eigenvalue weighted by atomic mass is 10.3. The molecule has 0 bridgehead atoms. The predicted octanol–water partition coefficient (Wildman–Crippen LogP) is 2.19. The van der Waals surface area contributed by atoms with Gasteiger partial charge in [-0.25, -0.2) is 13.1 Å². The van der Waals surface area contributed by atoms with E-state index in [1.807, 2.05) is 41.9 Å². The zero-order chi connectivity index (χ0) is 19.9. The highest BCUT2D eigenvalue weighted by Gasteiger charge is 2.28. The van der Waals surface area contributed by atoms with E-state index in [4.69, 9.17) is 12.2 Å².